The van der Waals surface area contributed by atoms with E-state index in [2.05, 4.69) is 0 Å². The van der Waals surface area contributed by atoms with E-state index in [9.17, 15) is 19.7 Å². The number of amides is 1. The molecule has 1 unspecified atom stereocenters. The second-order valence-corrected chi connectivity index (χ2v) is 8.49. The summed E-state index contributed by atoms with van der Waals surface area (Å²) in [5.74, 6) is -0.356. The lowest BCUT2D eigenvalue weighted by atomic mass is 10.0. The second-order valence-electron chi connectivity index (χ2n) is 6.24. The van der Waals surface area contributed by atoms with Crippen molar-refractivity contribution in [2.75, 3.05) is 0 Å². The molecule has 7 nitrogen and oxygen atoms in total. The zero-order valence-electron chi connectivity index (χ0n) is 13.3. The largest absolute Gasteiger partial charge is 0.425 e. The number of nitro groups is 1. The van der Waals surface area contributed by atoms with Crippen LogP contribution in [-0.2, 0) is 9.59 Å². The summed E-state index contributed by atoms with van der Waals surface area (Å²) in [4.78, 5) is 35.0. The molecule has 124 valence electrons. The number of rotatable bonds is 4. The molecule has 0 bridgehead atoms. The first-order chi connectivity index (χ1) is 10.6. The number of hydrogen-bond donors (Lipinski definition) is 0. The van der Waals surface area contributed by atoms with Crippen LogP contribution in [0.5, 0.6) is 5.75 Å². The molecule has 1 atom stereocenters. The molecule has 1 heterocycles. The number of nitrogens with zero attached hydrogens (tertiary/aromatic N) is 2. The van der Waals surface area contributed by atoms with Crippen LogP contribution in [0, 0.1) is 10.1 Å². The lowest BCUT2D eigenvalue weighted by molar-refractivity contribution is -0.384. The smallest absolute Gasteiger partial charge is 0.335 e. The van der Waals surface area contributed by atoms with Gasteiger partial charge in [-0.2, -0.15) is 0 Å². The number of benzene rings is 1. The minimum Gasteiger partial charge on any atom is -0.425 e. The molecule has 0 aromatic heterocycles. The highest BCUT2D eigenvalue weighted by Crippen LogP contribution is 2.50. The van der Waals surface area contributed by atoms with E-state index in [1.807, 2.05) is 27.7 Å². The fourth-order valence-electron chi connectivity index (χ4n) is 2.79. The van der Waals surface area contributed by atoms with Gasteiger partial charge in [-0.3, -0.25) is 14.9 Å². The summed E-state index contributed by atoms with van der Waals surface area (Å²) in [7, 11) is 0. The average molecular weight is 338 g/mol. The van der Waals surface area contributed by atoms with Crippen LogP contribution in [0.3, 0.4) is 0 Å². The van der Waals surface area contributed by atoms with Crippen molar-refractivity contribution in [3.05, 3.63) is 34.4 Å². The predicted molar refractivity (Wildman–Crippen MR) is 86.2 cm³/mol. The second kappa shape index (κ2) is 5.84. The average Bonchev–Trinajstić information content (AvgIpc) is 2.62. The minimum atomic E-state index is -0.741. The van der Waals surface area contributed by atoms with Crippen LogP contribution in [-0.4, -0.2) is 37.9 Å². The van der Waals surface area contributed by atoms with E-state index in [4.69, 9.17) is 4.74 Å². The molecule has 1 aromatic rings. The van der Waals surface area contributed by atoms with E-state index >= 15 is 0 Å². The van der Waals surface area contributed by atoms with E-state index in [-0.39, 0.29) is 11.4 Å². The number of nitro benzene ring substituents is 1. The van der Waals surface area contributed by atoms with Crippen molar-refractivity contribution in [1.29, 1.82) is 0 Å². The Balaban J connectivity index is 2.22. The van der Waals surface area contributed by atoms with Gasteiger partial charge in [0.15, 0.2) is 0 Å². The normalized spacial score (nSPS) is 21.7. The van der Waals surface area contributed by atoms with Crippen molar-refractivity contribution in [3.63, 3.8) is 0 Å². The van der Waals surface area contributed by atoms with E-state index < -0.39 is 26.6 Å². The molecule has 0 saturated carbocycles. The van der Waals surface area contributed by atoms with Gasteiger partial charge in [-0.1, -0.05) is 0 Å². The highest BCUT2D eigenvalue weighted by molar-refractivity contribution is 8.02. The van der Waals surface area contributed by atoms with Gasteiger partial charge in [0.2, 0.25) is 6.41 Å². The predicted octanol–water partition coefficient (Wildman–Crippen LogP) is 2.59. The molecular formula is C15H18N2O5S. The van der Waals surface area contributed by atoms with Crippen LogP contribution in [0.15, 0.2) is 24.3 Å². The zero-order valence-corrected chi connectivity index (χ0v) is 14.1. The van der Waals surface area contributed by atoms with E-state index in [0.29, 0.717) is 6.41 Å². The maximum atomic E-state index is 12.5. The number of hydrogen-bond acceptors (Lipinski definition) is 6. The van der Waals surface area contributed by atoms with Crippen LogP contribution in [0.2, 0.25) is 0 Å². The van der Waals surface area contributed by atoms with Gasteiger partial charge in [-0.15, -0.1) is 11.8 Å². The van der Waals surface area contributed by atoms with Crippen molar-refractivity contribution in [1.82, 2.24) is 4.90 Å². The molecule has 23 heavy (non-hydrogen) atoms. The van der Waals surface area contributed by atoms with Gasteiger partial charge in [-0.05, 0) is 39.8 Å². The molecule has 2 rings (SSSR count). The highest BCUT2D eigenvalue weighted by atomic mass is 32.2. The first kappa shape index (κ1) is 17.3. The molecule has 1 amide bonds. The number of carbonyl (C=O) groups is 2. The van der Waals surface area contributed by atoms with Crippen LogP contribution in [0.25, 0.3) is 0 Å². The van der Waals surface area contributed by atoms with Gasteiger partial charge in [0.25, 0.3) is 5.69 Å². The number of ether oxygens (including phenoxy) is 1. The topological polar surface area (TPSA) is 89.8 Å². The van der Waals surface area contributed by atoms with Crippen molar-refractivity contribution < 1.29 is 19.2 Å². The first-order valence-electron chi connectivity index (χ1n) is 6.98. The quantitative estimate of drug-likeness (QED) is 0.276. The van der Waals surface area contributed by atoms with Crippen molar-refractivity contribution >= 4 is 29.8 Å². The highest BCUT2D eigenvalue weighted by Gasteiger charge is 2.55. The first-order valence-corrected chi connectivity index (χ1v) is 7.80. The molecule has 1 aliphatic heterocycles. The Hall–Kier alpha value is -2.09. The van der Waals surface area contributed by atoms with Crippen LogP contribution in [0.4, 0.5) is 5.69 Å². The summed E-state index contributed by atoms with van der Waals surface area (Å²) in [6.45, 7) is 7.50. The van der Waals surface area contributed by atoms with Crippen LogP contribution < -0.4 is 4.74 Å². The van der Waals surface area contributed by atoms with Crippen molar-refractivity contribution in [2.45, 2.75) is 43.4 Å². The van der Waals surface area contributed by atoms with Gasteiger partial charge >= 0.3 is 5.97 Å². The van der Waals surface area contributed by atoms with Crippen molar-refractivity contribution in [2.24, 2.45) is 0 Å². The van der Waals surface area contributed by atoms with Gasteiger partial charge in [-0.25, -0.2) is 4.79 Å². The van der Waals surface area contributed by atoms with Gasteiger partial charge in [0, 0.05) is 16.9 Å². The molecule has 1 aliphatic rings. The molecular weight excluding hydrogens is 320 g/mol. The Kier molecular flexibility index (Phi) is 4.39. The SMILES string of the molecule is CC1(C)SC(C)(C)N(C=O)C1C(=O)Oc1ccc([N+](=O)[O-])cc1. The molecule has 1 saturated heterocycles. The Bertz CT molecular complexity index is 642. The van der Waals surface area contributed by atoms with E-state index in [1.165, 1.54) is 40.9 Å². The molecule has 0 N–H and O–H groups in total. The summed E-state index contributed by atoms with van der Waals surface area (Å²) in [5.41, 5.74) is -0.0859. The minimum absolute atomic E-state index is 0.0859. The third kappa shape index (κ3) is 3.31. The fraction of sp³-hybridized carbons (Fsp3) is 0.467. The lowest BCUT2D eigenvalue weighted by Gasteiger charge is -2.30. The van der Waals surface area contributed by atoms with Crippen molar-refractivity contribution in [3.8, 4) is 5.75 Å². The van der Waals surface area contributed by atoms with E-state index in [1.54, 1.807) is 0 Å². The van der Waals surface area contributed by atoms with Crippen LogP contribution >= 0.6 is 11.8 Å². The summed E-state index contributed by atoms with van der Waals surface area (Å²) in [6.07, 6.45) is 0.656. The number of esters is 1. The molecule has 0 aliphatic carbocycles. The third-order valence-corrected chi connectivity index (χ3v) is 5.13. The standard InChI is InChI=1S/C15H18N2O5S/c1-14(2)12(16(9-18)15(3,4)23-14)13(19)22-11-7-5-10(6-8-11)17(20)21/h5-9,12H,1-4H3. The molecule has 0 radical (unpaired) electrons. The molecule has 1 aromatic carbocycles. The summed E-state index contributed by atoms with van der Waals surface area (Å²) >= 11 is 1.52. The Morgan fingerprint density at radius 2 is 1.87 bits per heavy atom. The Morgan fingerprint density at radius 1 is 1.30 bits per heavy atom. The van der Waals surface area contributed by atoms with E-state index in [0.717, 1.165) is 0 Å². The van der Waals surface area contributed by atoms with Gasteiger partial charge < -0.3 is 9.64 Å². The third-order valence-electron chi connectivity index (χ3n) is 3.67. The number of thioether (sulfide) groups is 1. The number of carbonyl (C=O) groups excluding carboxylic acids is 2. The fourth-order valence-corrected chi connectivity index (χ4v) is 4.65. The maximum Gasteiger partial charge on any atom is 0.335 e. The van der Waals surface area contributed by atoms with Crippen LogP contribution in [0.1, 0.15) is 27.7 Å². The zero-order chi connectivity index (χ0) is 17.4. The maximum absolute atomic E-state index is 12.5. The monoisotopic (exact) mass is 338 g/mol. The van der Waals surface area contributed by atoms with Gasteiger partial charge in [0.05, 0.1) is 9.79 Å². The Morgan fingerprint density at radius 3 is 2.35 bits per heavy atom. The molecule has 1 fully saturated rings. The molecule has 8 heteroatoms. The summed E-state index contributed by atoms with van der Waals surface area (Å²) < 4.78 is 4.81. The summed E-state index contributed by atoms with van der Waals surface area (Å²) in [6, 6.07) is 4.51. The molecule has 0 spiro atoms. The van der Waals surface area contributed by atoms with Gasteiger partial charge in [0.1, 0.15) is 11.8 Å². The summed E-state index contributed by atoms with van der Waals surface area (Å²) in [5, 5.41) is 10.6. The number of non-ortho nitro benzene ring substituents is 1. The lowest BCUT2D eigenvalue weighted by Crippen LogP contribution is -2.51. The Labute approximate surface area is 138 Å².